The van der Waals surface area contributed by atoms with E-state index in [0.717, 1.165) is 31.6 Å². The van der Waals surface area contributed by atoms with Crippen LogP contribution in [0.25, 0.3) is 0 Å². The summed E-state index contributed by atoms with van der Waals surface area (Å²) in [6.45, 7) is 8.46. The van der Waals surface area contributed by atoms with E-state index in [1.54, 1.807) is 6.20 Å². The van der Waals surface area contributed by atoms with E-state index in [1.165, 1.54) is 16.8 Å². The van der Waals surface area contributed by atoms with Crippen LogP contribution in [0.4, 0.5) is 5.69 Å². The SMILES string of the molecule is CCC[NH+](CCC)c1cc(C(=O)[NH+]2C=NC(CC(N)C(=O)O)=C2)ccc1C.[Cl-].[Cl-]. The Morgan fingerprint density at radius 3 is 2.38 bits per heavy atom. The molecule has 29 heavy (non-hydrogen) atoms. The van der Waals surface area contributed by atoms with Crippen molar-refractivity contribution in [1.29, 1.82) is 0 Å². The van der Waals surface area contributed by atoms with Crippen LogP contribution in [0, 0.1) is 6.92 Å². The fourth-order valence-corrected chi connectivity index (χ4v) is 3.26. The number of benzene rings is 1. The number of carboxylic acid groups (broad SMARTS) is 1. The van der Waals surface area contributed by atoms with Crippen LogP contribution in [-0.4, -0.2) is 42.5 Å². The Labute approximate surface area is 184 Å². The number of aliphatic imine (C=N–C) groups is 1. The molecule has 0 saturated heterocycles. The third kappa shape index (κ3) is 7.21. The standard InChI is InChI=1S/C20H28N4O3.2ClH/c1-4-8-23(9-5-2)18-10-15(7-6-14(18)3)19(25)24-12-16(22-13-24)11-17(21)20(26)27;;/h6-7,10,12-13,17H,4-5,8-9,11,21H2,1-3H3,(H,26,27);2*1H. The molecule has 162 valence electrons. The molecule has 0 fully saturated rings. The number of nitrogens with zero attached hydrogens (tertiary/aromatic N) is 1. The molecule has 7 nitrogen and oxygen atoms in total. The van der Waals surface area contributed by atoms with Gasteiger partial charge in [-0.1, -0.05) is 19.9 Å². The molecule has 9 heteroatoms. The predicted molar refractivity (Wildman–Crippen MR) is 104 cm³/mol. The van der Waals surface area contributed by atoms with Crippen molar-refractivity contribution in [3.05, 3.63) is 41.2 Å². The van der Waals surface area contributed by atoms with Crippen LogP contribution in [0.5, 0.6) is 0 Å². The zero-order valence-electron chi connectivity index (χ0n) is 17.0. The van der Waals surface area contributed by atoms with Crippen LogP contribution in [-0.2, 0) is 4.79 Å². The molecule has 1 amide bonds. The summed E-state index contributed by atoms with van der Waals surface area (Å²) in [4.78, 5) is 29.8. The van der Waals surface area contributed by atoms with Gasteiger partial charge in [0, 0.05) is 18.1 Å². The van der Waals surface area contributed by atoms with E-state index >= 15 is 0 Å². The summed E-state index contributed by atoms with van der Waals surface area (Å²) in [7, 11) is 0. The number of hydrogen-bond donors (Lipinski definition) is 4. The lowest BCUT2D eigenvalue weighted by atomic mass is 10.1. The summed E-state index contributed by atoms with van der Waals surface area (Å²) < 4.78 is 0. The molecule has 0 aromatic heterocycles. The molecule has 1 aromatic carbocycles. The second kappa shape index (κ2) is 12.7. The minimum atomic E-state index is -1.08. The highest BCUT2D eigenvalue weighted by atomic mass is 35.5. The summed E-state index contributed by atoms with van der Waals surface area (Å²) in [5.74, 6) is -1.18. The predicted octanol–water partition coefficient (Wildman–Crippen LogP) is -5.95. The maximum Gasteiger partial charge on any atom is 0.354 e. The first-order valence-electron chi connectivity index (χ1n) is 9.47. The van der Waals surface area contributed by atoms with Gasteiger partial charge in [-0.2, -0.15) is 4.90 Å². The van der Waals surface area contributed by atoms with Gasteiger partial charge in [0.05, 0.1) is 18.7 Å². The molecule has 2 unspecified atom stereocenters. The van der Waals surface area contributed by atoms with Crippen molar-refractivity contribution in [2.24, 2.45) is 10.7 Å². The Balaban J connectivity index is 0.00000392. The highest BCUT2D eigenvalue weighted by Gasteiger charge is 2.27. The number of rotatable bonds is 9. The molecule has 5 N–H and O–H groups in total. The van der Waals surface area contributed by atoms with Crippen LogP contribution in [0.2, 0.25) is 0 Å². The molecule has 1 aliphatic heterocycles. The van der Waals surface area contributed by atoms with Crippen LogP contribution < -0.4 is 40.3 Å². The third-order valence-electron chi connectivity index (χ3n) is 4.68. The van der Waals surface area contributed by atoms with Crippen molar-refractivity contribution in [3.8, 4) is 0 Å². The Morgan fingerprint density at radius 2 is 1.83 bits per heavy atom. The lowest BCUT2D eigenvalue weighted by Crippen LogP contribution is -3.08. The van der Waals surface area contributed by atoms with Crippen LogP contribution >= 0.6 is 0 Å². The number of nitrogens with two attached hydrogens (primary N) is 1. The van der Waals surface area contributed by atoms with Crippen molar-refractivity contribution in [1.82, 2.24) is 0 Å². The first-order valence-corrected chi connectivity index (χ1v) is 9.47. The van der Waals surface area contributed by atoms with Crippen molar-refractivity contribution in [3.63, 3.8) is 0 Å². The molecule has 1 aromatic rings. The van der Waals surface area contributed by atoms with Gasteiger partial charge in [0.1, 0.15) is 23.6 Å². The number of halogens is 2. The second-order valence-corrected chi connectivity index (χ2v) is 6.96. The Kier molecular flexibility index (Phi) is 11.9. The molecule has 2 atom stereocenters. The maximum absolute atomic E-state index is 12.9. The zero-order chi connectivity index (χ0) is 20.0. The highest BCUT2D eigenvalue weighted by molar-refractivity contribution is 5.92. The van der Waals surface area contributed by atoms with E-state index in [-0.39, 0.29) is 37.1 Å². The van der Waals surface area contributed by atoms with E-state index in [9.17, 15) is 9.59 Å². The van der Waals surface area contributed by atoms with E-state index in [4.69, 9.17) is 10.8 Å². The summed E-state index contributed by atoms with van der Waals surface area (Å²) in [6, 6.07) is 4.79. The van der Waals surface area contributed by atoms with Crippen molar-refractivity contribution >= 4 is 23.9 Å². The fraction of sp³-hybridized carbons (Fsp3) is 0.450. The average Bonchev–Trinajstić information content (AvgIpc) is 3.09. The minimum absolute atomic E-state index is 0. The summed E-state index contributed by atoms with van der Waals surface area (Å²) >= 11 is 0. The molecular weight excluding hydrogens is 415 g/mol. The first kappa shape index (κ1) is 27.2. The number of carboxylic acids is 1. The van der Waals surface area contributed by atoms with E-state index in [0.29, 0.717) is 16.2 Å². The van der Waals surface area contributed by atoms with Gasteiger partial charge in [-0.3, -0.25) is 4.79 Å². The van der Waals surface area contributed by atoms with Gasteiger partial charge in [-0.05, 0) is 25.8 Å². The third-order valence-corrected chi connectivity index (χ3v) is 4.68. The lowest BCUT2D eigenvalue weighted by molar-refractivity contribution is -0.833. The molecule has 0 saturated carbocycles. The second-order valence-electron chi connectivity index (χ2n) is 6.96. The number of amides is 1. The smallest absolute Gasteiger partial charge is 0.354 e. The molecule has 0 bridgehead atoms. The molecule has 2 rings (SSSR count). The number of hydrogen-bond acceptors (Lipinski definition) is 4. The van der Waals surface area contributed by atoms with E-state index < -0.39 is 12.0 Å². The summed E-state index contributed by atoms with van der Waals surface area (Å²) in [6.07, 6.45) is 5.38. The van der Waals surface area contributed by atoms with Gasteiger partial charge >= 0.3 is 11.9 Å². The van der Waals surface area contributed by atoms with Crippen molar-refractivity contribution in [2.75, 3.05) is 13.1 Å². The zero-order valence-corrected chi connectivity index (χ0v) is 18.6. The van der Waals surface area contributed by atoms with E-state index in [1.807, 2.05) is 18.2 Å². The van der Waals surface area contributed by atoms with Crippen LogP contribution in [0.15, 0.2) is 35.1 Å². The first-order chi connectivity index (χ1) is 12.9. The molecule has 1 aliphatic rings. The Morgan fingerprint density at radius 1 is 1.21 bits per heavy atom. The molecule has 0 aliphatic carbocycles. The Hall–Kier alpha value is -1.77. The Bertz CT molecular complexity index is 762. The van der Waals surface area contributed by atoms with Gasteiger partial charge in [0.15, 0.2) is 0 Å². The highest BCUT2D eigenvalue weighted by Crippen LogP contribution is 2.13. The number of carbonyl (C=O) groups is 2. The minimum Gasteiger partial charge on any atom is -1.00 e. The number of aryl methyl sites for hydroxylation is 1. The van der Waals surface area contributed by atoms with Gasteiger partial charge in [0.25, 0.3) is 0 Å². The van der Waals surface area contributed by atoms with Crippen molar-refractivity contribution < 1.29 is 49.3 Å². The number of aliphatic carboxylic acids is 1. The summed E-state index contributed by atoms with van der Waals surface area (Å²) in [5, 5.41) is 8.91. The molecule has 1 heterocycles. The average molecular weight is 445 g/mol. The normalized spacial score (nSPS) is 16.0. The fourth-order valence-electron chi connectivity index (χ4n) is 3.26. The number of carbonyl (C=O) groups excluding carboxylic acids is 1. The number of quaternary nitrogens is 2. The van der Waals surface area contributed by atoms with Gasteiger partial charge in [0.2, 0.25) is 6.34 Å². The van der Waals surface area contributed by atoms with Gasteiger partial charge < -0.3 is 40.6 Å². The number of nitrogens with one attached hydrogen (secondary N) is 2. The van der Waals surface area contributed by atoms with Gasteiger partial charge in [-0.25, -0.2) is 9.79 Å². The molecule has 0 radical (unpaired) electrons. The summed E-state index contributed by atoms with van der Waals surface area (Å²) in [5.41, 5.74) is 9.03. The lowest BCUT2D eigenvalue weighted by Gasteiger charge is -2.20. The van der Waals surface area contributed by atoms with Gasteiger partial charge in [-0.15, -0.1) is 0 Å². The van der Waals surface area contributed by atoms with Crippen molar-refractivity contribution in [2.45, 2.75) is 46.1 Å². The quantitative estimate of drug-likeness (QED) is 0.304. The van der Waals surface area contributed by atoms with E-state index in [2.05, 4.69) is 25.8 Å². The van der Waals surface area contributed by atoms with Crippen LogP contribution in [0.3, 0.4) is 0 Å². The maximum atomic E-state index is 12.9. The molecular formula is C20H30Cl2N4O3. The van der Waals surface area contributed by atoms with Crippen LogP contribution in [0.1, 0.15) is 49.0 Å². The largest absolute Gasteiger partial charge is 1.00 e. The monoisotopic (exact) mass is 444 g/mol. The topological polar surface area (TPSA) is 102 Å². The molecule has 0 spiro atoms.